The number of rotatable bonds is 2. The molecule has 3 aromatic rings. The molecule has 3 aromatic heterocycles. The van der Waals surface area contributed by atoms with E-state index in [9.17, 15) is 0 Å². The summed E-state index contributed by atoms with van der Waals surface area (Å²) in [6.45, 7) is 0. The fourth-order valence-corrected chi connectivity index (χ4v) is 1.50. The molecule has 0 atom stereocenters. The van der Waals surface area contributed by atoms with Crippen molar-refractivity contribution >= 4 is 5.95 Å². The number of nitrogens with two attached hydrogens (primary N) is 1. The third kappa shape index (κ3) is 1.65. The second-order valence-corrected chi connectivity index (χ2v) is 3.32. The van der Waals surface area contributed by atoms with Crippen LogP contribution in [0.1, 0.15) is 0 Å². The zero-order valence-corrected chi connectivity index (χ0v) is 8.70. The number of aromatic nitrogens is 3. The van der Waals surface area contributed by atoms with E-state index < -0.39 is 0 Å². The molecule has 2 N–H and O–H groups in total. The van der Waals surface area contributed by atoms with Crippen LogP contribution in [0, 0.1) is 0 Å². The van der Waals surface area contributed by atoms with E-state index in [0.29, 0.717) is 22.9 Å². The molecule has 0 saturated heterocycles. The van der Waals surface area contributed by atoms with Crippen LogP contribution in [0.4, 0.5) is 5.95 Å². The van der Waals surface area contributed by atoms with Gasteiger partial charge in [0.15, 0.2) is 17.2 Å². The third-order valence-electron chi connectivity index (χ3n) is 2.21. The molecule has 0 aliphatic heterocycles. The molecule has 0 spiro atoms. The SMILES string of the molecule is Nc1nnc(-c2ccco2)c(-c2ccco2)n1. The van der Waals surface area contributed by atoms with Gasteiger partial charge in [0.1, 0.15) is 5.69 Å². The lowest BCUT2D eigenvalue weighted by Gasteiger charge is -2.02. The minimum absolute atomic E-state index is 0.0895. The molecule has 6 nitrogen and oxygen atoms in total. The normalized spacial score (nSPS) is 10.6. The zero-order valence-electron chi connectivity index (χ0n) is 8.70. The van der Waals surface area contributed by atoms with Crippen molar-refractivity contribution in [2.24, 2.45) is 0 Å². The first kappa shape index (κ1) is 9.59. The highest BCUT2D eigenvalue weighted by molar-refractivity contribution is 5.72. The number of hydrogen-bond acceptors (Lipinski definition) is 6. The molecule has 0 aliphatic rings. The summed E-state index contributed by atoms with van der Waals surface area (Å²) in [5.41, 5.74) is 6.54. The first-order valence-electron chi connectivity index (χ1n) is 4.92. The molecule has 0 aromatic carbocycles. The van der Waals surface area contributed by atoms with Crippen molar-refractivity contribution in [2.45, 2.75) is 0 Å². The maximum Gasteiger partial charge on any atom is 0.240 e. The van der Waals surface area contributed by atoms with Crippen LogP contribution in [0.2, 0.25) is 0 Å². The van der Waals surface area contributed by atoms with Crippen LogP contribution in [0.5, 0.6) is 0 Å². The Morgan fingerprint density at radius 3 is 2.12 bits per heavy atom. The average molecular weight is 228 g/mol. The van der Waals surface area contributed by atoms with Crippen molar-refractivity contribution < 1.29 is 8.83 Å². The summed E-state index contributed by atoms with van der Waals surface area (Å²) in [5.74, 6) is 1.22. The summed E-state index contributed by atoms with van der Waals surface area (Å²) in [6, 6.07) is 7.07. The first-order chi connectivity index (χ1) is 8.34. The van der Waals surface area contributed by atoms with Gasteiger partial charge in [-0.05, 0) is 24.3 Å². The van der Waals surface area contributed by atoms with Crippen LogP contribution in [0.3, 0.4) is 0 Å². The van der Waals surface area contributed by atoms with Crippen molar-refractivity contribution in [3.8, 4) is 22.9 Å². The molecule has 0 aliphatic carbocycles. The summed E-state index contributed by atoms with van der Waals surface area (Å²) in [7, 11) is 0. The summed E-state index contributed by atoms with van der Waals surface area (Å²) in [4.78, 5) is 4.12. The average Bonchev–Trinajstić information content (AvgIpc) is 3.02. The molecule has 0 unspecified atom stereocenters. The second kappa shape index (κ2) is 3.75. The van der Waals surface area contributed by atoms with Crippen LogP contribution in [0.15, 0.2) is 45.6 Å². The predicted octanol–water partition coefficient (Wildman–Crippen LogP) is 1.97. The van der Waals surface area contributed by atoms with E-state index in [4.69, 9.17) is 14.6 Å². The van der Waals surface area contributed by atoms with Gasteiger partial charge < -0.3 is 14.6 Å². The van der Waals surface area contributed by atoms with Gasteiger partial charge in [0.25, 0.3) is 0 Å². The van der Waals surface area contributed by atoms with E-state index in [1.165, 1.54) is 0 Å². The molecule has 84 valence electrons. The molecule has 0 amide bonds. The molecule has 0 radical (unpaired) electrons. The van der Waals surface area contributed by atoms with E-state index in [2.05, 4.69) is 15.2 Å². The molecule has 17 heavy (non-hydrogen) atoms. The Balaban J connectivity index is 2.22. The monoisotopic (exact) mass is 228 g/mol. The van der Waals surface area contributed by atoms with Gasteiger partial charge in [0, 0.05) is 0 Å². The van der Waals surface area contributed by atoms with Gasteiger partial charge >= 0.3 is 0 Å². The Hall–Kier alpha value is -2.63. The van der Waals surface area contributed by atoms with Gasteiger partial charge in [0.2, 0.25) is 5.95 Å². The van der Waals surface area contributed by atoms with E-state index >= 15 is 0 Å². The Kier molecular flexibility index (Phi) is 2.11. The second-order valence-electron chi connectivity index (χ2n) is 3.32. The van der Waals surface area contributed by atoms with Gasteiger partial charge in [-0.2, -0.15) is 0 Å². The zero-order chi connectivity index (χ0) is 11.7. The van der Waals surface area contributed by atoms with E-state index in [1.54, 1.807) is 36.8 Å². The summed E-state index contributed by atoms with van der Waals surface area (Å²) < 4.78 is 10.6. The number of nitrogens with zero attached hydrogens (tertiary/aromatic N) is 3. The van der Waals surface area contributed by atoms with E-state index in [0.717, 1.165) is 0 Å². The number of nitrogen functional groups attached to an aromatic ring is 1. The van der Waals surface area contributed by atoms with Gasteiger partial charge in [-0.15, -0.1) is 10.2 Å². The minimum atomic E-state index is 0.0895. The van der Waals surface area contributed by atoms with Crippen LogP contribution in [-0.4, -0.2) is 15.2 Å². The molecular weight excluding hydrogens is 220 g/mol. The Bertz CT molecular complexity index is 617. The highest BCUT2D eigenvalue weighted by Crippen LogP contribution is 2.28. The Labute approximate surface area is 96.1 Å². The molecule has 6 heteroatoms. The summed E-state index contributed by atoms with van der Waals surface area (Å²) >= 11 is 0. The lowest BCUT2D eigenvalue weighted by Crippen LogP contribution is -2.01. The van der Waals surface area contributed by atoms with Crippen molar-refractivity contribution in [2.75, 3.05) is 5.73 Å². The highest BCUT2D eigenvalue weighted by Gasteiger charge is 2.16. The third-order valence-corrected chi connectivity index (χ3v) is 2.21. The maximum absolute atomic E-state index is 5.53. The van der Waals surface area contributed by atoms with Crippen molar-refractivity contribution in [1.82, 2.24) is 15.2 Å². The Morgan fingerprint density at radius 2 is 1.53 bits per heavy atom. The van der Waals surface area contributed by atoms with Gasteiger partial charge in [-0.25, -0.2) is 4.98 Å². The van der Waals surface area contributed by atoms with Crippen LogP contribution in [0.25, 0.3) is 22.9 Å². The van der Waals surface area contributed by atoms with E-state index in [-0.39, 0.29) is 5.95 Å². The Morgan fingerprint density at radius 1 is 0.882 bits per heavy atom. The highest BCUT2D eigenvalue weighted by atomic mass is 16.3. The topological polar surface area (TPSA) is 91.0 Å². The quantitative estimate of drug-likeness (QED) is 0.721. The lowest BCUT2D eigenvalue weighted by atomic mass is 10.2. The van der Waals surface area contributed by atoms with Crippen LogP contribution < -0.4 is 5.73 Å². The number of anilines is 1. The summed E-state index contributed by atoms with van der Waals surface area (Å²) in [6.07, 6.45) is 3.11. The minimum Gasteiger partial charge on any atom is -0.463 e. The molecule has 0 saturated carbocycles. The van der Waals surface area contributed by atoms with Crippen LogP contribution in [-0.2, 0) is 0 Å². The molecule has 0 bridgehead atoms. The molecular formula is C11H8N4O2. The maximum atomic E-state index is 5.53. The lowest BCUT2D eigenvalue weighted by molar-refractivity contribution is 0.570. The van der Waals surface area contributed by atoms with Gasteiger partial charge in [-0.3, -0.25) is 0 Å². The molecule has 3 heterocycles. The largest absolute Gasteiger partial charge is 0.463 e. The van der Waals surface area contributed by atoms with Gasteiger partial charge in [-0.1, -0.05) is 0 Å². The molecule has 3 rings (SSSR count). The fourth-order valence-electron chi connectivity index (χ4n) is 1.50. The van der Waals surface area contributed by atoms with Gasteiger partial charge in [0.05, 0.1) is 12.5 Å². The summed E-state index contributed by atoms with van der Waals surface area (Å²) in [5, 5.41) is 7.71. The molecule has 0 fully saturated rings. The van der Waals surface area contributed by atoms with Crippen LogP contribution >= 0.6 is 0 Å². The van der Waals surface area contributed by atoms with Crippen molar-refractivity contribution in [1.29, 1.82) is 0 Å². The smallest absolute Gasteiger partial charge is 0.240 e. The first-order valence-corrected chi connectivity index (χ1v) is 4.92. The van der Waals surface area contributed by atoms with Crippen molar-refractivity contribution in [3.63, 3.8) is 0 Å². The van der Waals surface area contributed by atoms with Crippen molar-refractivity contribution in [3.05, 3.63) is 36.8 Å². The number of furan rings is 2. The standard InChI is InChI=1S/C11H8N4O2/c12-11-13-9(7-3-1-5-16-7)10(14-15-11)8-4-2-6-17-8/h1-6H,(H2,12,13,15). The fraction of sp³-hybridized carbons (Fsp3) is 0. The number of hydrogen-bond donors (Lipinski definition) is 1. The predicted molar refractivity (Wildman–Crippen MR) is 59.6 cm³/mol. The van der Waals surface area contributed by atoms with E-state index in [1.807, 2.05) is 0 Å².